The van der Waals surface area contributed by atoms with Crippen molar-refractivity contribution in [2.75, 3.05) is 20.2 Å². The maximum Gasteiger partial charge on any atom is 0.251 e. The van der Waals surface area contributed by atoms with Gasteiger partial charge in [-0.05, 0) is 48.0 Å². The molecule has 0 aliphatic rings. The molecule has 0 bridgehead atoms. The van der Waals surface area contributed by atoms with Crippen molar-refractivity contribution in [3.63, 3.8) is 0 Å². The number of carbonyl (C=O) groups excluding carboxylic acids is 2. The Kier molecular flexibility index (Phi) is 6.58. The number of halogens is 1. The Morgan fingerprint density at radius 3 is 2.17 bits per heavy atom. The van der Waals surface area contributed by atoms with Gasteiger partial charge in [0.05, 0.1) is 7.11 Å². The van der Waals surface area contributed by atoms with E-state index in [1.165, 1.54) is 19.2 Å². The third-order valence-corrected chi connectivity index (χ3v) is 4.33. The number of amides is 2. The van der Waals surface area contributed by atoms with Crippen molar-refractivity contribution in [3.8, 4) is 16.9 Å². The Morgan fingerprint density at radius 2 is 1.48 bits per heavy atom. The number of ether oxygens (including phenoxy) is 1. The molecule has 5 nitrogen and oxygen atoms in total. The Balaban J connectivity index is 1.60. The van der Waals surface area contributed by atoms with Crippen LogP contribution in [0.15, 0.2) is 72.8 Å². The minimum atomic E-state index is -0.384. The van der Waals surface area contributed by atoms with E-state index < -0.39 is 0 Å². The smallest absolute Gasteiger partial charge is 0.251 e. The molecule has 3 aromatic carbocycles. The summed E-state index contributed by atoms with van der Waals surface area (Å²) < 4.78 is 18.9. The van der Waals surface area contributed by atoms with Crippen LogP contribution in [0.4, 0.5) is 4.39 Å². The summed E-state index contributed by atoms with van der Waals surface area (Å²) >= 11 is 0. The van der Waals surface area contributed by atoms with Crippen molar-refractivity contribution in [1.29, 1.82) is 0 Å². The van der Waals surface area contributed by atoms with Gasteiger partial charge in [0, 0.05) is 29.8 Å². The molecule has 0 unspecified atom stereocenters. The first-order chi connectivity index (χ1) is 14.1. The van der Waals surface area contributed by atoms with Crippen LogP contribution in [-0.4, -0.2) is 32.0 Å². The summed E-state index contributed by atoms with van der Waals surface area (Å²) in [4.78, 5) is 24.4. The SMILES string of the molecule is COc1ccc(F)cc1-c1cccc(C(=O)NCCNC(=O)c2ccccc2)c1. The highest BCUT2D eigenvalue weighted by Gasteiger charge is 2.11. The van der Waals surface area contributed by atoms with Gasteiger partial charge in [-0.3, -0.25) is 9.59 Å². The summed E-state index contributed by atoms with van der Waals surface area (Å²) in [6, 6.07) is 20.0. The third-order valence-electron chi connectivity index (χ3n) is 4.33. The van der Waals surface area contributed by atoms with Crippen molar-refractivity contribution in [1.82, 2.24) is 10.6 Å². The molecule has 0 saturated heterocycles. The molecule has 6 heteroatoms. The van der Waals surface area contributed by atoms with E-state index in [4.69, 9.17) is 4.74 Å². The predicted octanol–water partition coefficient (Wildman–Crippen LogP) is 3.66. The molecule has 0 aliphatic carbocycles. The van der Waals surface area contributed by atoms with E-state index in [-0.39, 0.29) is 24.2 Å². The first kappa shape index (κ1) is 20.1. The van der Waals surface area contributed by atoms with Gasteiger partial charge in [0.1, 0.15) is 11.6 Å². The Morgan fingerprint density at radius 1 is 0.828 bits per heavy atom. The standard InChI is InChI=1S/C23H21FN2O3/c1-29-21-11-10-19(24)15-20(21)17-8-5-9-18(14-17)23(28)26-13-12-25-22(27)16-6-3-2-4-7-16/h2-11,14-15H,12-13H2,1H3,(H,25,27)(H,26,28). The van der Waals surface area contributed by atoms with Crippen LogP contribution in [0.25, 0.3) is 11.1 Å². The molecule has 0 saturated carbocycles. The molecular weight excluding hydrogens is 371 g/mol. The number of hydrogen-bond donors (Lipinski definition) is 2. The first-order valence-corrected chi connectivity index (χ1v) is 9.14. The number of rotatable bonds is 7. The lowest BCUT2D eigenvalue weighted by Crippen LogP contribution is -2.34. The molecule has 0 atom stereocenters. The van der Waals surface area contributed by atoms with Crippen LogP contribution in [0.5, 0.6) is 5.75 Å². The van der Waals surface area contributed by atoms with E-state index in [1.54, 1.807) is 54.6 Å². The normalized spacial score (nSPS) is 10.3. The molecule has 0 heterocycles. The zero-order valence-corrected chi connectivity index (χ0v) is 15.9. The van der Waals surface area contributed by atoms with Gasteiger partial charge in [-0.2, -0.15) is 0 Å². The molecule has 3 aromatic rings. The van der Waals surface area contributed by atoms with E-state index in [9.17, 15) is 14.0 Å². The summed E-state index contributed by atoms with van der Waals surface area (Å²) in [5.74, 6) is -0.339. The Labute approximate surface area is 168 Å². The average Bonchev–Trinajstić information content (AvgIpc) is 2.77. The zero-order valence-electron chi connectivity index (χ0n) is 15.9. The lowest BCUT2D eigenvalue weighted by atomic mass is 10.0. The zero-order chi connectivity index (χ0) is 20.6. The highest BCUT2D eigenvalue weighted by molar-refractivity contribution is 5.96. The lowest BCUT2D eigenvalue weighted by molar-refractivity contribution is 0.0927. The number of nitrogens with one attached hydrogen (secondary N) is 2. The topological polar surface area (TPSA) is 67.4 Å². The maximum absolute atomic E-state index is 13.7. The van der Waals surface area contributed by atoms with Gasteiger partial charge in [0.15, 0.2) is 0 Å². The van der Waals surface area contributed by atoms with E-state index in [1.807, 2.05) is 6.07 Å². The van der Waals surface area contributed by atoms with Gasteiger partial charge in [0.25, 0.3) is 11.8 Å². The maximum atomic E-state index is 13.7. The summed E-state index contributed by atoms with van der Waals surface area (Å²) in [5, 5.41) is 5.52. The highest BCUT2D eigenvalue weighted by Crippen LogP contribution is 2.31. The third kappa shape index (κ3) is 5.19. The van der Waals surface area contributed by atoms with Crippen LogP contribution in [-0.2, 0) is 0 Å². The minimum Gasteiger partial charge on any atom is -0.496 e. The van der Waals surface area contributed by atoms with E-state index in [0.717, 1.165) is 0 Å². The monoisotopic (exact) mass is 392 g/mol. The number of methoxy groups -OCH3 is 1. The minimum absolute atomic E-state index is 0.194. The van der Waals surface area contributed by atoms with E-state index in [2.05, 4.69) is 10.6 Å². The van der Waals surface area contributed by atoms with Crippen LogP contribution in [0, 0.1) is 5.82 Å². The largest absolute Gasteiger partial charge is 0.496 e. The van der Waals surface area contributed by atoms with Crippen molar-refractivity contribution >= 4 is 11.8 Å². The number of hydrogen-bond acceptors (Lipinski definition) is 3. The summed E-state index contributed by atoms with van der Waals surface area (Å²) in [6.45, 7) is 0.585. The van der Waals surface area contributed by atoms with Crippen LogP contribution in [0.2, 0.25) is 0 Å². The van der Waals surface area contributed by atoms with Gasteiger partial charge >= 0.3 is 0 Å². The van der Waals surface area contributed by atoms with Crippen LogP contribution in [0.3, 0.4) is 0 Å². The van der Waals surface area contributed by atoms with Crippen LogP contribution < -0.4 is 15.4 Å². The molecule has 0 spiro atoms. The predicted molar refractivity (Wildman–Crippen MR) is 109 cm³/mol. The van der Waals surface area contributed by atoms with Crippen molar-refractivity contribution in [3.05, 3.63) is 89.7 Å². The highest BCUT2D eigenvalue weighted by atomic mass is 19.1. The van der Waals surface area contributed by atoms with Gasteiger partial charge in [0.2, 0.25) is 0 Å². The number of benzene rings is 3. The summed E-state index contributed by atoms with van der Waals surface area (Å²) in [7, 11) is 1.51. The number of carbonyl (C=O) groups is 2. The van der Waals surface area contributed by atoms with Gasteiger partial charge < -0.3 is 15.4 Å². The molecule has 0 radical (unpaired) electrons. The second-order valence-electron chi connectivity index (χ2n) is 6.30. The molecular formula is C23H21FN2O3. The van der Waals surface area contributed by atoms with Gasteiger partial charge in [-0.15, -0.1) is 0 Å². The molecule has 0 aromatic heterocycles. The molecule has 148 valence electrons. The second kappa shape index (κ2) is 9.50. The Bertz CT molecular complexity index is 1010. The van der Waals surface area contributed by atoms with Crippen molar-refractivity contribution < 1.29 is 18.7 Å². The Hall–Kier alpha value is -3.67. The van der Waals surface area contributed by atoms with Gasteiger partial charge in [-0.1, -0.05) is 30.3 Å². The lowest BCUT2D eigenvalue weighted by Gasteiger charge is -2.11. The average molecular weight is 392 g/mol. The van der Waals surface area contributed by atoms with E-state index in [0.29, 0.717) is 34.5 Å². The molecule has 0 fully saturated rings. The van der Waals surface area contributed by atoms with Gasteiger partial charge in [-0.25, -0.2) is 4.39 Å². The fourth-order valence-corrected chi connectivity index (χ4v) is 2.88. The quantitative estimate of drug-likeness (QED) is 0.603. The molecule has 2 N–H and O–H groups in total. The van der Waals surface area contributed by atoms with Crippen LogP contribution >= 0.6 is 0 Å². The van der Waals surface area contributed by atoms with Crippen molar-refractivity contribution in [2.45, 2.75) is 0 Å². The van der Waals surface area contributed by atoms with E-state index >= 15 is 0 Å². The second-order valence-corrected chi connectivity index (χ2v) is 6.30. The molecule has 3 rings (SSSR count). The van der Waals surface area contributed by atoms with Crippen LogP contribution in [0.1, 0.15) is 20.7 Å². The summed E-state index contributed by atoms with van der Waals surface area (Å²) in [5.41, 5.74) is 2.24. The fourth-order valence-electron chi connectivity index (χ4n) is 2.88. The molecule has 2 amide bonds. The molecule has 0 aliphatic heterocycles. The fraction of sp³-hybridized carbons (Fsp3) is 0.130. The molecule has 29 heavy (non-hydrogen) atoms. The summed E-state index contributed by atoms with van der Waals surface area (Å²) in [6.07, 6.45) is 0. The van der Waals surface area contributed by atoms with Crippen molar-refractivity contribution in [2.24, 2.45) is 0 Å². The first-order valence-electron chi connectivity index (χ1n) is 9.14.